The lowest BCUT2D eigenvalue weighted by molar-refractivity contribution is -0.142. The second kappa shape index (κ2) is 8.60. The fraction of sp³-hybridized carbons (Fsp3) is 0.200. The molecule has 0 saturated heterocycles. The van der Waals surface area contributed by atoms with Crippen molar-refractivity contribution in [2.45, 2.75) is 26.0 Å². The molecule has 3 aromatic carbocycles. The van der Waals surface area contributed by atoms with Crippen LogP contribution in [0.3, 0.4) is 0 Å². The van der Waals surface area contributed by atoms with Crippen molar-refractivity contribution in [3.8, 4) is 5.75 Å². The monoisotopic (exact) mass is 418 g/mol. The summed E-state index contributed by atoms with van der Waals surface area (Å²) in [7, 11) is 0. The molecule has 31 heavy (non-hydrogen) atoms. The number of rotatable bonds is 4. The number of hydrogen-bond donors (Lipinski definition) is 1. The average molecular weight is 418 g/mol. The van der Waals surface area contributed by atoms with E-state index in [1.165, 1.54) is 17.0 Å². The fourth-order valence-electron chi connectivity index (χ4n) is 3.82. The molecule has 6 heteroatoms. The number of halogens is 1. The summed E-state index contributed by atoms with van der Waals surface area (Å²) in [6.45, 7) is 3.47. The molecule has 2 atom stereocenters. The summed E-state index contributed by atoms with van der Waals surface area (Å²) in [5.41, 5.74) is 3.11. The van der Waals surface area contributed by atoms with Crippen LogP contribution in [0.5, 0.6) is 5.75 Å². The summed E-state index contributed by atoms with van der Waals surface area (Å²) in [5, 5.41) is 2.89. The van der Waals surface area contributed by atoms with Crippen LogP contribution in [0.25, 0.3) is 0 Å². The Hall–Kier alpha value is -3.67. The summed E-state index contributed by atoms with van der Waals surface area (Å²) in [6, 6.07) is 20.2. The molecule has 0 fully saturated rings. The van der Waals surface area contributed by atoms with E-state index in [9.17, 15) is 14.0 Å². The van der Waals surface area contributed by atoms with E-state index in [1.807, 2.05) is 43.3 Å². The van der Waals surface area contributed by atoms with E-state index in [-0.39, 0.29) is 24.2 Å². The van der Waals surface area contributed by atoms with Crippen molar-refractivity contribution in [1.29, 1.82) is 0 Å². The fourth-order valence-corrected chi connectivity index (χ4v) is 3.82. The predicted octanol–water partition coefficient (Wildman–Crippen LogP) is 4.47. The molecule has 1 heterocycles. The Balaban J connectivity index is 1.76. The molecular formula is C25H23FN2O3. The Morgan fingerprint density at radius 3 is 2.52 bits per heavy atom. The van der Waals surface area contributed by atoms with Gasteiger partial charge in [0, 0.05) is 11.3 Å². The van der Waals surface area contributed by atoms with Crippen LogP contribution < -0.4 is 10.1 Å². The molecule has 3 aromatic rings. The number of amides is 2. The molecule has 5 nitrogen and oxygen atoms in total. The number of para-hydroxylation sites is 1. The summed E-state index contributed by atoms with van der Waals surface area (Å²) in [5.74, 6) is -0.426. The Bertz CT molecular complexity index is 1100. The molecule has 0 aliphatic carbocycles. The van der Waals surface area contributed by atoms with Gasteiger partial charge in [-0.3, -0.25) is 9.59 Å². The van der Waals surface area contributed by atoms with Gasteiger partial charge in [-0.1, -0.05) is 48.0 Å². The summed E-state index contributed by atoms with van der Waals surface area (Å²) < 4.78 is 19.5. The minimum absolute atomic E-state index is 0.142. The van der Waals surface area contributed by atoms with Gasteiger partial charge >= 0.3 is 0 Å². The van der Waals surface area contributed by atoms with Gasteiger partial charge in [0.05, 0.1) is 6.04 Å². The topological polar surface area (TPSA) is 58.6 Å². The molecule has 4 rings (SSSR count). The molecule has 0 saturated carbocycles. The van der Waals surface area contributed by atoms with Crippen LogP contribution in [0.1, 0.15) is 29.7 Å². The molecule has 0 spiro atoms. The Kier molecular flexibility index (Phi) is 5.71. The number of nitrogens with one attached hydrogen (secondary N) is 1. The lowest BCUT2D eigenvalue weighted by Crippen LogP contribution is -2.45. The number of aryl methyl sites for hydroxylation is 1. The quantitative estimate of drug-likeness (QED) is 0.680. The van der Waals surface area contributed by atoms with Crippen LogP contribution in [0.2, 0.25) is 0 Å². The second-order valence-corrected chi connectivity index (χ2v) is 7.63. The van der Waals surface area contributed by atoms with E-state index in [2.05, 4.69) is 5.32 Å². The first-order valence-electron chi connectivity index (χ1n) is 10.1. The number of benzene rings is 3. The van der Waals surface area contributed by atoms with Crippen molar-refractivity contribution < 1.29 is 18.7 Å². The zero-order valence-electron chi connectivity index (χ0n) is 17.3. The van der Waals surface area contributed by atoms with E-state index >= 15 is 0 Å². The maximum absolute atomic E-state index is 13.6. The van der Waals surface area contributed by atoms with Gasteiger partial charge in [0.1, 0.15) is 18.1 Å². The largest absolute Gasteiger partial charge is 0.481 e. The van der Waals surface area contributed by atoms with Gasteiger partial charge in [-0.15, -0.1) is 0 Å². The third-order valence-corrected chi connectivity index (χ3v) is 5.27. The maximum atomic E-state index is 13.6. The molecule has 0 radical (unpaired) electrons. The van der Waals surface area contributed by atoms with Crippen molar-refractivity contribution >= 4 is 17.5 Å². The standard InChI is InChI=1S/C25H23FN2O3/c1-16-8-13-22-21(14-16)24(18-9-11-19(26)12-10-18)28(15-23(29)27-22)25(30)17(2)31-20-6-4-3-5-7-20/h3-14,17,24H,15H2,1-2H3,(H,27,29). The molecule has 0 aromatic heterocycles. The SMILES string of the molecule is Cc1ccc2c(c1)C(c1ccc(F)cc1)N(C(=O)C(C)Oc1ccccc1)CC(=O)N2. The Labute approximate surface area is 180 Å². The third kappa shape index (κ3) is 4.43. The minimum Gasteiger partial charge on any atom is -0.481 e. The number of nitrogens with zero attached hydrogens (tertiary/aromatic N) is 1. The van der Waals surface area contributed by atoms with Gasteiger partial charge in [0.25, 0.3) is 5.91 Å². The van der Waals surface area contributed by atoms with Crippen molar-refractivity contribution in [2.75, 3.05) is 11.9 Å². The van der Waals surface area contributed by atoms with Crippen molar-refractivity contribution in [2.24, 2.45) is 0 Å². The number of ether oxygens (including phenoxy) is 1. The average Bonchev–Trinajstić information content (AvgIpc) is 2.90. The highest BCUT2D eigenvalue weighted by Crippen LogP contribution is 2.37. The van der Waals surface area contributed by atoms with Crippen LogP contribution in [0, 0.1) is 12.7 Å². The minimum atomic E-state index is -0.815. The van der Waals surface area contributed by atoms with Crippen molar-refractivity contribution in [3.63, 3.8) is 0 Å². The van der Waals surface area contributed by atoms with Crippen LogP contribution in [-0.2, 0) is 9.59 Å². The van der Waals surface area contributed by atoms with E-state index < -0.39 is 12.1 Å². The van der Waals surface area contributed by atoms with Gasteiger partial charge in [0.2, 0.25) is 5.91 Å². The summed E-state index contributed by atoms with van der Waals surface area (Å²) in [6.07, 6.45) is -0.815. The second-order valence-electron chi connectivity index (χ2n) is 7.63. The number of hydrogen-bond acceptors (Lipinski definition) is 3. The number of carbonyl (C=O) groups is 2. The maximum Gasteiger partial charge on any atom is 0.264 e. The highest BCUT2D eigenvalue weighted by Gasteiger charge is 2.36. The normalized spacial score (nSPS) is 16.7. The number of anilines is 1. The zero-order valence-corrected chi connectivity index (χ0v) is 17.3. The number of fused-ring (bicyclic) bond motifs is 1. The Morgan fingerprint density at radius 1 is 1.10 bits per heavy atom. The molecule has 1 aliphatic rings. The lowest BCUT2D eigenvalue weighted by Gasteiger charge is -2.32. The van der Waals surface area contributed by atoms with Gasteiger partial charge in [-0.05, 0) is 49.7 Å². The molecule has 158 valence electrons. The first-order chi connectivity index (χ1) is 14.9. The summed E-state index contributed by atoms with van der Waals surface area (Å²) >= 11 is 0. The van der Waals surface area contributed by atoms with Crippen LogP contribution in [0.15, 0.2) is 72.8 Å². The number of carbonyl (C=O) groups excluding carboxylic acids is 2. The summed E-state index contributed by atoms with van der Waals surface area (Å²) in [4.78, 5) is 27.6. The van der Waals surface area contributed by atoms with Crippen molar-refractivity contribution in [3.05, 3.63) is 95.3 Å². The highest BCUT2D eigenvalue weighted by atomic mass is 19.1. The van der Waals surface area contributed by atoms with Gasteiger partial charge in [-0.25, -0.2) is 4.39 Å². The first kappa shape index (κ1) is 20.6. The molecule has 1 N–H and O–H groups in total. The van der Waals surface area contributed by atoms with Gasteiger partial charge in [-0.2, -0.15) is 0 Å². The predicted molar refractivity (Wildman–Crippen MR) is 116 cm³/mol. The van der Waals surface area contributed by atoms with Crippen LogP contribution >= 0.6 is 0 Å². The van der Waals surface area contributed by atoms with E-state index in [4.69, 9.17) is 4.74 Å². The van der Waals surface area contributed by atoms with E-state index in [0.29, 0.717) is 17.0 Å². The molecule has 2 unspecified atom stereocenters. The third-order valence-electron chi connectivity index (χ3n) is 5.27. The molecule has 1 aliphatic heterocycles. The Morgan fingerprint density at radius 2 is 1.81 bits per heavy atom. The first-order valence-corrected chi connectivity index (χ1v) is 10.1. The van der Waals surface area contributed by atoms with Gasteiger partial charge in [0.15, 0.2) is 6.10 Å². The highest BCUT2D eigenvalue weighted by molar-refractivity contribution is 5.97. The van der Waals surface area contributed by atoms with E-state index in [0.717, 1.165) is 11.1 Å². The van der Waals surface area contributed by atoms with Crippen LogP contribution in [0.4, 0.5) is 10.1 Å². The van der Waals surface area contributed by atoms with Crippen LogP contribution in [-0.4, -0.2) is 29.4 Å². The molecule has 0 bridgehead atoms. The smallest absolute Gasteiger partial charge is 0.264 e. The molecular weight excluding hydrogens is 395 g/mol. The zero-order chi connectivity index (χ0) is 22.0. The molecule has 2 amide bonds. The van der Waals surface area contributed by atoms with Gasteiger partial charge < -0.3 is 15.0 Å². The van der Waals surface area contributed by atoms with E-state index in [1.54, 1.807) is 31.2 Å². The van der Waals surface area contributed by atoms with Crippen molar-refractivity contribution in [1.82, 2.24) is 4.90 Å². The lowest BCUT2D eigenvalue weighted by atomic mass is 9.94.